The summed E-state index contributed by atoms with van der Waals surface area (Å²) >= 11 is 0. The van der Waals surface area contributed by atoms with Crippen LogP contribution in [0.3, 0.4) is 0 Å². The number of benzene rings is 3. The van der Waals surface area contributed by atoms with Gasteiger partial charge in [0.05, 0.1) is 10.9 Å². The number of fused-ring (bicyclic) bond motifs is 1. The lowest BCUT2D eigenvalue weighted by Gasteiger charge is -2.21. The van der Waals surface area contributed by atoms with Gasteiger partial charge in [-0.3, -0.25) is 4.79 Å². The molecule has 0 saturated carbocycles. The lowest BCUT2D eigenvalue weighted by molar-refractivity contribution is 0.0939. The van der Waals surface area contributed by atoms with Gasteiger partial charge in [0.1, 0.15) is 13.2 Å². The molecule has 2 N–H and O–H groups in total. The maximum absolute atomic E-state index is 13.0. The predicted octanol–water partition coefficient (Wildman–Crippen LogP) is 3.74. The fraction of sp³-hybridized carbons (Fsp3) is 0.240. The van der Waals surface area contributed by atoms with Crippen LogP contribution in [0.25, 0.3) is 0 Å². The van der Waals surface area contributed by atoms with Crippen LogP contribution in [-0.2, 0) is 16.6 Å². The number of hydrogen-bond acceptors (Lipinski definition) is 5. The molecule has 4 rings (SSSR count). The van der Waals surface area contributed by atoms with Crippen molar-refractivity contribution in [1.29, 1.82) is 0 Å². The highest BCUT2D eigenvalue weighted by Gasteiger charge is 2.20. The summed E-state index contributed by atoms with van der Waals surface area (Å²) in [6, 6.07) is 19.0. The van der Waals surface area contributed by atoms with Gasteiger partial charge in [-0.25, -0.2) is 13.1 Å². The topological polar surface area (TPSA) is 93.7 Å². The van der Waals surface area contributed by atoms with Crippen molar-refractivity contribution in [3.05, 3.63) is 89.0 Å². The third-order valence-corrected chi connectivity index (χ3v) is 6.89. The highest BCUT2D eigenvalue weighted by Crippen LogP contribution is 2.32. The Labute approximate surface area is 193 Å². The number of sulfonamides is 1. The molecule has 0 radical (unpaired) electrons. The molecule has 1 aliphatic rings. The zero-order valence-corrected chi connectivity index (χ0v) is 19.3. The quantitative estimate of drug-likeness (QED) is 0.553. The molecule has 1 atom stereocenters. The summed E-state index contributed by atoms with van der Waals surface area (Å²) in [7, 11) is -3.78. The Morgan fingerprint density at radius 1 is 0.970 bits per heavy atom. The Bertz CT molecular complexity index is 1260. The van der Waals surface area contributed by atoms with Crippen molar-refractivity contribution in [2.75, 3.05) is 13.2 Å². The van der Waals surface area contributed by atoms with E-state index in [4.69, 9.17) is 9.47 Å². The summed E-state index contributed by atoms with van der Waals surface area (Å²) in [5.41, 5.74) is 2.70. The molecule has 7 nitrogen and oxygen atoms in total. The van der Waals surface area contributed by atoms with E-state index in [2.05, 4.69) is 10.0 Å². The monoisotopic (exact) mass is 466 g/mol. The molecule has 33 heavy (non-hydrogen) atoms. The Morgan fingerprint density at radius 3 is 2.45 bits per heavy atom. The van der Waals surface area contributed by atoms with Gasteiger partial charge in [0.25, 0.3) is 5.91 Å². The van der Waals surface area contributed by atoms with E-state index >= 15 is 0 Å². The summed E-state index contributed by atoms with van der Waals surface area (Å²) in [6.45, 7) is 4.80. The number of ether oxygens (including phenoxy) is 2. The molecule has 3 aromatic rings. The minimum atomic E-state index is -3.78. The summed E-state index contributed by atoms with van der Waals surface area (Å²) in [5.74, 6) is 0.976. The smallest absolute Gasteiger partial charge is 0.252 e. The van der Waals surface area contributed by atoms with Crippen LogP contribution >= 0.6 is 0 Å². The molecule has 0 saturated heterocycles. The Kier molecular flexibility index (Phi) is 6.67. The van der Waals surface area contributed by atoms with E-state index in [1.807, 2.05) is 55.5 Å². The zero-order chi connectivity index (χ0) is 23.4. The van der Waals surface area contributed by atoms with E-state index in [0.717, 1.165) is 11.1 Å². The van der Waals surface area contributed by atoms with E-state index in [1.165, 1.54) is 12.1 Å². The van der Waals surface area contributed by atoms with Crippen molar-refractivity contribution in [3.63, 3.8) is 0 Å². The van der Waals surface area contributed by atoms with Gasteiger partial charge in [-0.2, -0.15) is 0 Å². The molecule has 8 heteroatoms. The molecule has 0 fully saturated rings. The van der Waals surface area contributed by atoms with Crippen LogP contribution in [0.2, 0.25) is 0 Å². The Morgan fingerprint density at radius 2 is 1.70 bits per heavy atom. The first-order chi connectivity index (χ1) is 15.8. The van der Waals surface area contributed by atoms with Crippen molar-refractivity contribution in [3.8, 4) is 11.5 Å². The maximum atomic E-state index is 13.0. The van der Waals surface area contributed by atoms with E-state index < -0.39 is 10.0 Å². The van der Waals surface area contributed by atoms with Gasteiger partial charge in [0.15, 0.2) is 11.5 Å². The van der Waals surface area contributed by atoms with Crippen molar-refractivity contribution in [1.82, 2.24) is 10.0 Å². The molecule has 1 aliphatic heterocycles. The van der Waals surface area contributed by atoms with Crippen LogP contribution < -0.4 is 19.5 Å². The normalized spacial score (nSPS) is 13.9. The molecular formula is C25H26N2O5S. The third kappa shape index (κ3) is 5.35. The summed E-state index contributed by atoms with van der Waals surface area (Å²) in [6.07, 6.45) is 0. The lowest BCUT2D eigenvalue weighted by Crippen LogP contribution is -2.28. The predicted molar refractivity (Wildman–Crippen MR) is 125 cm³/mol. The van der Waals surface area contributed by atoms with Gasteiger partial charge in [0, 0.05) is 12.1 Å². The highest BCUT2D eigenvalue weighted by atomic mass is 32.2. The molecule has 3 aromatic carbocycles. The number of amides is 1. The van der Waals surface area contributed by atoms with Crippen molar-refractivity contribution in [2.24, 2.45) is 0 Å². The summed E-state index contributed by atoms with van der Waals surface area (Å²) in [5, 5.41) is 2.95. The van der Waals surface area contributed by atoms with E-state index in [0.29, 0.717) is 35.8 Å². The second-order valence-electron chi connectivity index (χ2n) is 7.89. The molecule has 0 bridgehead atoms. The number of rotatable bonds is 7. The minimum Gasteiger partial charge on any atom is -0.486 e. The number of hydrogen-bond donors (Lipinski definition) is 2. The second kappa shape index (κ2) is 9.64. The third-order valence-electron chi connectivity index (χ3n) is 5.49. The van der Waals surface area contributed by atoms with Gasteiger partial charge >= 0.3 is 0 Å². The number of aryl methyl sites for hydroxylation is 1. The Hall–Kier alpha value is -3.36. The van der Waals surface area contributed by atoms with Crippen molar-refractivity contribution < 1.29 is 22.7 Å². The standard InChI is InChI=1S/C25H26N2O5S/c1-17-8-10-21(33(29,30)26-16-19-6-4-3-5-7-19)15-22(17)25(28)27-18(2)20-9-11-23-24(14-20)32-13-12-31-23/h3-11,14-15,18,26H,12-13,16H2,1-2H3,(H,27,28). The molecular weight excluding hydrogens is 440 g/mol. The summed E-state index contributed by atoms with van der Waals surface area (Å²) < 4.78 is 39.4. The fourth-order valence-electron chi connectivity index (χ4n) is 3.56. The number of nitrogens with one attached hydrogen (secondary N) is 2. The van der Waals surface area contributed by atoms with Crippen molar-refractivity contribution >= 4 is 15.9 Å². The first kappa shape index (κ1) is 22.8. The average molecular weight is 467 g/mol. The van der Waals surface area contributed by atoms with Crippen LogP contribution in [0.4, 0.5) is 0 Å². The Balaban J connectivity index is 1.49. The van der Waals surface area contributed by atoms with E-state index in [1.54, 1.807) is 13.0 Å². The van der Waals surface area contributed by atoms with Crippen LogP contribution in [0.5, 0.6) is 11.5 Å². The van der Waals surface area contributed by atoms with Crippen LogP contribution in [-0.4, -0.2) is 27.5 Å². The van der Waals surface area contributed by atoms with E-state index in [9.17, 15) is 13.2 Å². The molecule has 0 spiro atoms. The van der Waals surface area contributed by atoms with Crippen LogP contribution in [0.1, 0.15) is 40.0 Å². The fourth-order valence-corrected chi connectivity index (χ4v) is 4.60. The van der Waals surface area contributed by atoms with Gasteiger partial charge in [-0.15, -0.1) is 0 Å². The molecule has 0 aliphatic carbocycles. The lowest BCUT2D eigenvalue weighted by atomic mass is 10.0. The number of carbonyl (C=O) groups excluding carboxylic acids is 1. The minimum absolute atomic E-state index is 0.0427. The first-order valence-corrected chi connectivity index (χ1v) is 12.2. The first-order valence-electron chi connectivity index (χ1n) is 10.7. The molecule has 0 aromatic heterocycles. The van der Waals surface area contributed by atoms with Gasteiger partial charge in [0.2, 0.25) is 10.0 Å². The molecule has 1 heterocycles. The SMILES string of the molecule is Cc1ccc(S(=O)(=O)NCc2ccccc2)cc1C(=O)NC(C)c1ccc2c(c1)OCCO2. The van der Waals surface area contributed by atoms with E-state index in [-0.39, 0.29) is 23.4 Å². The largest absolute Gasteiger partial charge is 0.486 e. The second-order valence-corrected chi connectivity index (χ2v) is 9.65. The zero-order valence-electron chi connectivity index (χ0n) is 18.5. The molecule has 1 amide bonds. The van der Waals surface area contributed by atoms with Gasteiger partial charge in [-0.05, 0) is 54.8 Å². The average Bonchev–Trinajstić information content (AvgIpc) is 2.83. The molecule has 1 unspecified atom stereocenters. The number of carbonyl (C=O) groups is 1. The highest BCUT2D eigenvalue weighted by molar-refractivity contribution is 7.89. The van der Waals surface area contributed by atoms with Crippen LogP contribution in [0.15, 0.2) is 71.6 Å². The maximum Gasteiger partial charge on any atom is 0.252 e. The summed E-state index contributed by atoms with van der Waals surface area (Å²) in [4.78, 5) is 13.1. The van der Waals surface area contributed by atoms with Gasteiger partial charge in [-0.1, -0.05) is 42.5 Å². The molecule has 172 valence electrons. The van der Waals surface area contributed by atoms with Gasteiger partial charge < -0.3 is 14.8 Å². The van der Waals surface area contributed by atoms with Crippen molar-refractivity contribution in [2.45, 2.75) is 31.3 Å². The van der Waals surface area contributed by atoms with Crippen LogP contribution in [0, 0.1) is 6.92 Å².